The third-order valence-electron chi connectivity index (χ3n) is 6.38. The number of hydrogen-bond acceptors (Lipinski definition) is 5. The number of nitrogens with zero attached hydrogens (tertiary/aromatic N) is 1. The van der Waals surface area contributed by atoms with Gasteiger partial charge in [0.05, 0.1) is 13.2 Å². The van der Waals surface area contributed by atoms with Crippen LogP contribution in [0.5, 0.6) is 5.75 Å². The van der Waals surface area contributed by atoms with Gasteiger partial charge in [0, 0.05) is 27.9 Å². The van der Waals surface area contributed by atoms with Crippen molar-refractivity contribution in [1.82, 2.24) is 4.90 Å². The predicted octanol–water partition coefficient (Wildman–Crippen LogP) is 4.84. The SMILES string of the molecule is C=CC(O)OCCCCCOc1ccc2c3c(cccc13)C(=O)N(C1CCCCC1)C2=O. The van der Waals surface area contributed by atoms with Crippen molar-refractivity contribution < 1.29 is 24.2 Å². The first-order valence-electron chi connectivity index (χ1n) is 11.6. The Hall–Kier alpha value is -2.70. The first kappa shape index (κ1) is 22.5. The van der Waals surface area contributed by atoms with Gasteiger partial charge in [-0.3, -0.25) is 14.5 Å². The third kappa shape index (κ3) is 4.57. The smallest absolute Gasteiger partial charge is 0.261 e. The van der Waals surface area contributed by atoms with Crippen molar-refractivity contribution in [2.45, 2.75) is 63.7 Å². The van der Waals surface area contributed by atoms with E-state index in [-0.39, 0.29) is 17.9 Å². The van der Waals surface area contributed by atoms with E-state index in [1.165, 1.54) is 17.4 Å². The first-order valence-corrected chi connectivity index (χ1v) is 11.6. The average Bonchev–Trinajstić information content (AvgIpc) is 2.82. The molecule has 170 valence electrons. The number of carbonyl (C=O) groups excluding carboxylic acids is 2. The van der Waals surface area contributed by atoms with Crippen molar-refractivity contribution in [3.8, 4) is 5.75 Å². The van der Waals surface area contributed by atoms with Crippen LogP contribution < -0.4 is 4.74 Å². The summed E-state index contributed by atoms with van der Waals surface area (Å²) in [6, 6.07) is 9.24. The Balaban J connectivity index is 1.45. The number of aliphatic hydroxyl groups is 1. The molecule has 1 unspecified atom stereocenters. The monoisotopic (exact) mass is 437 g/mol. The molecule has 1 heterocycles. The fraction of sp³-hybridized carbons (Fsp3) is 0.462. The Kier molecular flexibility index (Phi) is 7.22. The van der Waals surface area contributed by atoms with E-state index in [1.807, 2.05) is 24.3 Å². The molecule has 6 heteroatoms. The fourth-order valence-electron chi connectivity index (χ4n) is 4.72. The lowest BCUT2D eigenvalue weighted by atomic mass is 9.89. The average molecular weight is 438 g/mol. The topological polar surface area (TPSA) is 76.1 Å². The molecule has 6 nitrogen and oxygen atoms in total. The molecule has 1 atom stereocenters. The molecule has 32 heavy (non-hydrogen) atoms. The highest BCUT2D eigenvalue weighted by Crippen LogP contribution is 2.37. The molecule has 1 N–H and O–H groups in total. The van der Waals surface area contributed by atoms with Crippen LogP contribution in [0.3, 0.4) is 0 Å². The Morgan fingerprint density at radius 3 is 2.47 bits per heavy atom. The zero-order valence-electron chi connectivity index (χ0n) is 18.4. The number of unbranched alkanes of at least 4 members (excludes halogenated alkanes) is 2. The summed E-state index contributed by atoms with van der Waals surface area (Å²) in [5.41, 5.74) is 1.18. The number of rotatable bonds is 10. The molecular weight excluding hydrogens is 406 g/mol. The van der Waals surface area contributed by atoms with Crippen LogP contribution in [0.25, 0.3) is 10.8 Å². The second-order valence-corrected chi connectivity index (χ2v) is 8.52. The van der Waals surface area contributed by atoms with E-state index in [0.717, 1.165) is 50.3 Å². The Labute approximate surface area is 188 Å². The van der Waals surface area contributed by atoms with Gasteiger partial charge in [0.15, 0.2) is 6.29 Å². The standard InChI is InChI=1S/C26H31NO5/c1-2-23(28)32-17-8-4-7-16-31-22-15-14-21-24-19(22)12-9-13-20(24)25(29)27(26(21)30)18-10-5-3-6-11-18/h2,9,12-15,18,23,28H,1,3-8,10-11,16-17H2. The van der Waals surface area contributed by atoms with Crippen molar-refractivity contribution in [3.63, 3.8) is 0 Å². The molecule has 1 saturated carbocycles. The lowest BCUT2D eigenvalue weighted by Gasteiger charge is -2.36. The van der Waals surface area contributed by atoms with Gasteiger partial charge >= 0.3 is 0 Å². The lowest BCUT2D eigenvalue weighted by molar-refractivity contribution is -0.0649. The Bertz CT molecular complexity index is 973. The van der Waals surface area contributed by atoms with Gasteiger partial charge in [-0.15, -0.1) is 0 Å². The maximum Gasteiger partial charge on any atom is 0.261 e. The van der Waals surface area contributed by atoms with Crippen LogP contribution >= 0.6 is 0 Å². The molecule has 0 spiro atoms. The number of hydrogen-bond donors (Lipinski definition) is 1. The van der Waals surface area contributed by atoms with Crippen LogP contribution in [0.15, 0.2) is 43.0 Å². The Morgan fingerprint density at radius 2 is 1.72 bits per heavy atom. The normalized spacial score (nSPS) is 17.6. The quantitative estimate of drug-likeness (QED) is 0.249. The molecule has 1 aliphatic heterocycles. The van der Waals surface area contributed by atoms with Gasteiger partial charge in [-0.2, -0.15) is 0 Å². The van der Waals surface area contributed by atoms with Gasteiger partial charge in [0.25, 0.3) is 11.8 Å². The molecule has 0 aromatic heterocycles. The highest BCUT2D eigenvalue weighted by Gasteiger charge is 2.38. The molecule has 1 aliphatic carbocycles. The van der Waals surface area contributed by atoms with Gasteiger partial charge < -0.3 is 14.6 Å². The van der Waals surface area contributed by atoms with E-state index in [2.05, 4.69) is 6.58 Å². The van der Waals surface area contributed by atoms with Crippen molar-refractivity contribution in [2.24, 2.45) is 0 Å². The van der Waals surface area contributed by atoms with Gasteiger partial charge in [0.2, 0.25) is 0 Å². The molecule has 2 aromatic carbocycles. The van der Waals surface area contributed by atoms with Crippen LogP contribution in [0.4, 0.5) is 0 Å². The maximum absolute atomic E-state index is 13.3. The van der Waals surface area contributed by atoms with Crippen molar-refractivity contribution in [1.29, 1.82) is 0 Å². The van der Waals surface area contributed by atoms with E-state index in [9.17, 15) is 14.7 Å². The summed E-state index contributed by atoms with van der Waals surface area (Å²) < 4.78 is 11.2. The zero-order chi connectivity index (χ0) is 22.5. The van der Waals surface area contributed by atoms with Crippen molar-refractivity contribution in [3.05, 3.63) is 54.1 Å². The van der Waals surface area contributed by atoms with Crippen LogP contribution in [0.2, 0.25) is 0 Å². The number of benzene rings is 2. The summed E-state index contributed by atoms with van der Waals surface area (Å²) in [5, 5.41) is 10.8. The van der Waals surface area contributed by atoms with Crippen molar-refractivity contribution >= 4 is 22.6 Å². The molecule has 0 saturated heterocycles. The molecular formula is C26H31NO5. The maximum atomic E-state index is 13.3. The molecule has 4 rings (SSSR count). The highest BCUT2D eigenvalue weighted by molar-refractivity contribution is 6.26. The molecule has 2 aliphatic rings. The van der Waals surface area contributed by atoms with E-state index in [0.29, 0.717) is 35.5 Å². The molecule has 1 fully saturated rings. The second-order valence-electron chi connectivity index (χ2n) is 8.52. The summed E-state index contributed by atoms with van der Waals surface area (Å²) in [7, 11) is 0. The van der Waals surface area contributed by atoms with E-state index in [1.54, 1.807) is 6.07 Å². The fourth-order valence-corrected chi connectivity index (χ4v) is 4.72. The number of ether oxygens (including phenoxy) is 2. The number of carbonyl (C=O) groups is 2. The van der Waals surface area contributed by atoms with Crippen LogP contribution in [-0.2, 0) is 4.74 Å². The third-order valence-corrected chi connectivity index (χ3v) is 6.38. The van der Waals surface area contributed by atoms with Crippen LogP contribution in [0, 0.1) is 0 Å². The molecule has 0 bridgehead atoms. The van der Waals surface area contributed by atoms with E-state index < -0.39 is 6.29 Å². The van der Waals surface area contributed by atoms with Gasteiger partial charge in [-0.25, -0.2) is 0 Å². The number of amides is 2. The second kappa shape index (κ2) is 10.3. The summed E-state index contributed by atoms with van der Waals surface area (Å²) in [5.74, 6) is 0.327. The largest absolute Gasteiger partial charge is 0.493 e. The summed E-state index contributed by atoms with van der Waals surface area (Å²) in [6.45, 7) is 4.46. The molecule has 2 amide bonds. The first-order chi connectivity index (χ1) is 15.6. The van der Waals surface area contributed by atoms with Crippen molar-refractivity contribution in [2.75, 3.05) is 13.2 Å². The minimum atomic E-state index is -0.914. The lowest BCUT2D eigenvalue weighted by Crippen LogP contribution is -2.47. The Morgan fingerprint density at radius 1 is 1.00 bits per heavy atom. The zero-order valence-corrected chi connectivity index (χ0v) is 18.4. The highest BCUT2D eigenvalue weighted by atomic mass is 16.6. The summed E-state index contributed by atoms with van der Waals surface area (Å²) in [6.07, 6.45) is 8.07. The van der Waals surface area contributed by atoms with Gasteiger partial charge in [0.1, 0.15) is 5.75 Å². The number of imide groups is 1. The van der Waals surface area contributed by atoms with Crippen LogP contribution in [0.1, 0.15) is 72.1 Å². The summed E-state index contributed by atoms with van der Waals surface area (Å²) >= 11 is 0. The van der Waals surface area contributed by atoms with E-state index >= 15 is 0 Å². The summed E-state index contributed by atoms with van der Waals surface area (Å²) in [4.78, 5) is 28.1. The molecule has 0 radical (unpaired) electrons. The van der Waals surface area contributed by atoms with Crippen LogP contribution in [-0.4, -0.2) is 47.4 Å². The van der Waals surface area contributed by atoms with Gasteiger partial charge in [-0.05, 0) is 56.4 Å². The minimum Gasteiger partial charge on any atom is -0.493 e. The van der Waals surface area contributed by atoms with E-state index in [4.69, 9.17) is 9.47 Å². The number of aliphatic hydroxyl groups excluding tert-OH is 1. The molecule has 2 aromatic rings. The van der Waals surface area contributed by atoms with Gasteiger partial charge in [-0.1, -0.05) is 38.0 Å². The minimum absolute atomic E-state index is 0.000320. The predicted molar refractivity (Wildman–Crippen MR) is 123 cm³/mol.